The molecule has 4 aromatic carbocycles. The second-order valence-corrected chi connectivity index (χ2v) is 15.3. The summed E-state index contributed by atoms with van der Waals surface area (Å²) in [6.07, 6.45) is 9.39. The molecule has 10 nitrogen and oxygen atoms in total. The molecule has 0 unspecified atom stereocenters. The summed E-state index contributed by atoms with van der Waals surface area (Å²) in [5.41, 5.74) is 4.53. The second-order valence-electron chi connectivity index (χ2n) is 15.3. The number of aliphatic hydroxyl groups excluding tert-OH is 1. The first-order valence-electron chi connectivity index (χ1n) is 19.0. The number of carbonyl (C=O) groups is 1. The van der Waals surface area contributed by atoms with E-state index in [0.29, 0.717) is 36.4 Å². The van der Waals surface area contributed by atoms with Crippen LogP contribution < -0.4 is 14.8 Å². The van der Waals surface area contributed by atoms with Crippen molar-refractivity contribution in [2.24, 2.45) is 5.92 Å². The molecule has 1 spiro atoms. The fraction of sp³-hybridized carbons (Fsp3) is 0.333. The molecule has 5 aromatic rings. The molecule has 4 atom stereocenters. The van der Waals surface area contributed by atoms with E-state index in [1.807, 2.05) is 30.3 Å². The number of allylic oxidation sites excluding steroid dienone is 1. The zero-order valence-corrected chi connectivity index (χ0v) is 31.0. The van der Waals surface area contributed by atoms with E-state index in [-0.39, 0.29) is 46.9 Å². The lowest BCUT2D eigenvalue weighted by atomic mass is 9.63. The maximum absolute atomic E-state index is 15.3. The van der Waals surface area contributed by atoms with Crippen LogP contribution in [-0.2, 0) is 16.6 Å². The summed E-state index contributed by atoms with van der Waals surface area (Å²) >= 11 is 0. The number of pyridine rings is 1. The summed E-state index contributed by atoms with van der Waals surface area (Å²) < 4.78 is 10.8. The minimum absolute atomic E-state index is 0.0319. The minimum Gasteiger partial charge on any atom is -0.508 e. The summed E-state index contributed by atoms with van der Waals surface area (Å²) in [6.45, 7) is 0. The Labute approximate surface area is 319 Å². The van der Waals surface area contributed by atoms with Crippen molar-refractivity contribution in [3.63, 3.8) is 0 Å². The Balaban J connectivity index is 1.28. The van der Waals surface area contributed by atoms with Crippen molar-refractivity contribution >= 4 is 34.1 Å². The van der Waals surface area contributed by atoms with Crippen molar-refractivity contribution in [1.82, 2.24) is 4.98 Å². The maximum Gasteiger partial charge on any atom is 0.200 e. The molecule has 1 fully saturated rings. The smallest absolute Gasteiger partial charge is 0.200 e. The quantitative estimate of drug-likeness (QED) is 0.0892. The number of aromatic nitrogens is 1. The van der Waals surface area contributed by atoms with Gasteiger partial charge in [0.1, 0.15) is 17.4 Å². The van der Waals surface area contributed by atoms with Gasteiger partial charge < -0.3 is 40.3 Å². The number of anilines is 2. The highest BCUT2D eigenvalue weighted by Crippen LogP contribution is 2.53. The number of methoxy groups -OCH3 is 2. The van der Waals surface area contributed by atoms with Crippen LogP contribution in [0.2, 0.25) is 0 Å². The number of fused-ring (bicyclic) bond motifs is 3. The van der Waals surface area contributed by atoms with Gasteiger partial charge in [-0.3, -0.25) is 4.79 Å². The first-order chi connectivity index (χ1) is 26.6. The van der Waals surface area contributed by atoms with Crippen molar-refractivity contribution < 1.29 is 39.8 Å². The first-order valence-corrected chi connectivity index (χ1v) is 19.0. The van der Waals surface area contributed by atoms with E-state index in [9.17, 15) is 25.5 Å². The topological polar surface area (TPSA) is 162 Å². The van der Waals surface area contributed by atoms with Crippen LogP contribution in [0.15, 0.2) is 79.0 Å². The standard InChI is InChI=1S/C45H46N2O8/c1-54-38-17-25(5-11-34(38)49)6-12-35(50)43-36(51)21-29(30-22-37(52)44(53)39(23-30)55-2)18-26-7-8-27-19-32(48)20-28-9-10-33(42(26)41(27)28)47-40-24-31(13-16-46-40)45(43)14-3-4-15-45/h5,7-11,13,16-17,19-20,22-24,26,29,35,43,48-50,52-53H,3-4,6,12,14-15,18,21H2,1-2H3,(H,46,47)/t26-,29+,35-,43-/m1/s1. The fourth-order valence-electron chi connectivity index (χ4n) is 9.65. The van der Waals surface area contributed by atoms with Crippen LogP contribution in [-0.4, -0.2) is 56.6 Å². The molecule has 1 aliphatic heterocycles. The van der Waals surface area contributed by atoms with Crippen LogP contribution in [0.5, 0.6) is 34.5 Å². The highest BCUT2D eigenvalue weighted by Gasteiger charge is 2.49. The molecule has 1 saturated carbocycles. The van der Waals surface area contributed by atoms with Crippen LogP contribution in [0.4, 0.5) is 11.5 Å². The molecule has 3 aliphatic rings. The molecular formula is C45H46N2O8. The number of aromatic hydroxyl groups is 4. The Morgan fingerprint density at radius 3 is 2.49 bits per heavy atom. The van der Waals surface area contributed by atoms with Crippen LogP contribution >= 0.6 is 0 Å². The number of carbonyl (C=O) groups excluding carboxylic acids is 1. The number of hydrogen-bond acceptors (Lipinski definition) is 10. The zero-order valence-electron chi connectivity index (χ0n) is 31.0. The van der Waals surface area contributed by atoms with Gasteiger partial charge in [-0.05, 0) is 131 Å². The van der Waals surface area contributed by atoms with Crippen molar-refractivity contribution in [3.8, 4) is 34.5 Å². The van der Waals surface area contributed by atoms with Gasteiger partial charge in [0.15, 0.2) is 23.0 Å². The predicted molar refractivity (Wildman–Crippen MR) is 211 cm³/mol. The van der Waals surface area contributed by atoms with Crippen LogP contribution in [0.3, 0.4) is 0 Å². The molecule has 10 heteroatoms. The number of aliphatic hydroxyl groups is 1. The maximum atomic E-state index is 15.3. The highest BCUT2D eigenvalue weighted by molar-refractivity contribution is 6.00. The Kier molecular flexibility index (Phi) is 9.55. The molecule has 2 aliphatic carbocycles. The van der Waals surface area contributed by atoms with Gasteiger partial charge in [0.2, 0.25) is 5.75 Å². The summed E-state index contributed by atoms with van der Waals surface area (Å²) in [6, 6.07) is 19.8. The highest BCUT2D eigenvalue weighted by atomic mass is 16.5. The number of ketones is 1. The molecule has 0 saturated heterocycles. The van der Waals surface area contributed by atoms with E-state index in [2.05, 4.69) is 11.4 Å². The van der Waals surface area contributed by atoms with Crippen LogP contribution in [0, 0.1) is 5.92 Å². The predicted octanol–water partition coefficient (Wildman–Crippen LogP) is 8.50. The van der Waals surface area contributed by atoms with Crippen molar-refractivity contribution in [2.45, 2.75) is 74.7 Å². The number of rotatable bonds is 7. The number of phenols is 4. The average molecular weight is 743 g/mol. The lowest BCUT2D eigenvalue weighted by molar-refractivity contribution is -0.130. The van der Waals surface area contributed by atoms with Gasteiger partial charge in [0, 0.05) is 29.6 Å². The molecule has 6 N–H and O–H groups in total. The second kappa shape index (κ2) is 14.5. The SMILES string of the molecule is COc1cc(CC[C@@H](O)[C@@H]2C(=O)C[C@@H](c3cc(O)c(O)c(OC)c3)C[C@H]3C=Cc4cc(O)cc5ccc(c3c45)Nc3cc(ccn3)C23CCCC3)ccc1O. The number of hydrogen-bond donors (Lipinski definition) is 6. The van der Waals surface area contributed by atoms with Crippen molar-refractivity contribution in [3.05, 3.63) is 107 Å². The van der Waals surface area contributed by atoms with E-state index in [4.69, 9.17) is 14.5 Å². The van der Waals surface area contributed by atoms with E-state index in [0.717, 1.165) is 64.4 Å². The summed E-state index contributed by atoms with van der Waals surface area (Å²) in [5.74, 6) is -0.944. The molecule has 284 valence electrons. The number of benzene rings is 4. The minimum atomic E-state index is -1.01. The van der Waals surface area contributed by atoms with Gasteiger partial charge in [0.25, 0.3) is 0 Å². The van der Waals surface area contributed by atoms with Gasteiger partial charge >= 0.3 is 0 Å². The summed E-state index contributed by atoms with van der Waals surface area (Å²) in [5, 5.41) is 60.1. The van der Waals surface area contributed by atoms with Crippen molar-refractivity contribution in [1.29, 1.82) is 0 Å². The lowest BCUT2D eigenvalue weighted by Gasteiger charge is -2.41. The Morgan fingerprint density at radius 2 is 1.71 bits per heavy atom. The first kappa shape index (κ1) is 36.2. The van der Waals surface area contributed by atoms with Gasteiger partial charge in [-0.2, -0.15) is 0 Å². The molecule has 8 rings (SSSR count). The lowest BCUT2D eigenvalue weighted by Crippen LogP contribution is -2.45. The van der Waals surface area contributed by atoms with Crippen molar-refractivity contribution in [2.75, 3.05) is 19.5 Å². The molecular weight excluding hydrogens is 697 g/mol. The molecule has 2 bridgehead atoms. The van der Waals surface area contributed by atoms with Gasteiger partial charge in [0.05, 0.1) is 26.2 Å². The van der Waals surface area contributed by atoms with Gasteiger partial charge in [-0.1, -0.05) is 37.1 Å². The molecule has 55 heavy (non-hydrogen) atoms. The van der Waals surface area contributed by atoms with Crippen LogP contribution in [0.1, 0.15) is 84.6 Å². The number of Topliss-reactive ketones (excluding diaryl/α,β-unsaturated/α-hetero) is 1. The van der Waals surface area contributed by atoms with Crippen LogP contribution in [0.25, 0.3) is 16.8 Å². The number of ether oxygens (including phenoxy) is 2. The average Bonchev–Trinajstić information content (AvgIpc) is 3.67. The summed E-state index contributed by atoms with van der Waals surface area (Å²) in [4.78, 5) is 20.1. The third kappa shape index (κ3) is 6.58. The fourth-order valence-corrected chi connectivity index (χ4v) is 9.65. The van der Waals surface area contributed by atoms with E-state index in [1.165, 1.54) is 20.3 Å². The third-order valence-electron chi connectivity index (χ3n) is 12.2. The largest absolute Gasteiger partial charge is 0.508 e. The third-order valence-corrected chi connectivity index (χ3v) is 12.2. The Hall–Kier alpha value is -5.74. The molecule has 0 amide bonds. The summed E-state index contributed by atoms with van der Waals surface area (Å²) in [7, 11) is 2.92. The Bertz CT molecular complexity index is 2310. The molecule has 2 heterocycles. The van der Waals surface area contributed by atoms with Gasteiger partial charge in [-0.25, -0.2) is 4.98 Å². The van der Waals surface area contributed by atoms with E-state index >= 15 is 4.79 Å². The number of phenolic OH excluding ortho intramolecular Hbond substituents is 4. The normalized spacial score (nSPS) is 20.6. The monoisotopic (exact) mass is 742 g/mol. The van der Waals surface area contributed by atoms with Gasteiger partial charge in [-0.15, -0.1) is 0 Å². The zero-order chi connectivity index (χ0) is 38.4. The molecule has 0 radical (unpaired) electrons. The molecule has 1 aromatic heterocycles. The number of nitrogens with zero attached hydrogens (tertiary/aromatic N) is 1. The van der Waals surface area contributed by atoms with E-state index in [1.54, 1.807) is 42.6 Å². The van der Waals surface area contributed by atoms with E-state index < -0.39 is 23.4 Å². The number of nitrogens with one attached hydrogen (secondary N) is 1. The number of aryl methyl sites for hydroxylation is 1. The Morgan fingerprint density at radius 1 is 0.909 bits per heavy atom.